The second kappa shape index (κ2) is 7.42. The van der Waals surface area contributed by atoms with Gasteiger partial charge in [-0.3, -0.25) is 0 Å². The Balaban J connectivity index is 2.01. The summed E-state index contributed by atoms with van der Waals surface area (Å²) in [6.45, 7) is 13.9. The van der Waals surface area contributed by atoms with Gasteiger partial charge in [0.1, 0.15) is 0 Å². The Morgan fingerprint density at radius 3 is 2.48 bits per heavy atom. The van der Waals surface area contributed by atoms with Gasteiger partial charge in [0, 0.05) is 25.7 Å². The van der Waals surface area contributed by atoms with Gasteiger partial charge in [-0.2, -0.15) is 0 Å². The van der Waals surface area contributed by atoms with Gasteiger partial charge < -0.3 is 10.2 Å². The molecule has 2 nitrogen and oxygen atoms in total. The molecule has 2 heteroatoms. The van der Waals surface area contributed by atoms with Crippen LogP contribution in [0.25, 0.3) is 0 Å². The lowest BCUT2D eigenvalue weighted by molar-refractivity contribution is 0.164. The van der Waals surface area contributed by atoms with Gasteiger partial charge in [-0.05, 0) is 36.3 Å². The van der Waals surface area contributed by atoms with Crippen molar-refractivity contribution in [1.29, 1.82) is 0 Å². The number of likely N-dealkylation sites (tertiary alicyclic amines) is 1. The standard InChI is InChI=1S/C19H32N2/c1-5-11-21-13-17(16-9-7-6-8-10-16)12-18(14-21)20-15-19(2,3)4/h6-10,17-18,20H,5,11-15H2,1-4H3. The molecular formula is C19H32N2. The van der Waals surface area contributed by atoms with Crippen LogP contribution in [-0.4, -0.2) is 37.1 Å². The number of benzene rings is 1. The summed E-state index contributed by atoms with van der Waals surface area (Å²) >= 11 is 0. The van der Waals surface area contributed by atoms with E-state index in [0.717, 1.165) is 6.54 Å². The number of nitrogens with one attached hydrogen (secondary N) is 1. The second-order valence-corrected chi connectivity index (χ2v) is 7.74. The van der Waals surface area contributed by atoms with E-state index >= 15 is 0 Å². The van der Waals surface area contributed by atoms with Gasteiger partial charge >= 0.3 is 0 Å². The van der Waals surface area contributed by atoms with Crippen molar-refractivity contribution in [2.24, 2.45) is 5.41 Å². The van der Waals surface area contributed by atoms with Crippen molar-refractivity contribution < 1.29 is 0 Å². The Kier molecular flexibility index (Phi) is 5.83. The van der Waals surface area contributed by atoms with Crippen LogP contribution in [0.3, 0.4) is 0 Å². The molecule has 118 valence electrons. The first kappa shape index (κ1) is 16.5. The van der Waals surface area contributed by atoms with Crippen LogP contribution in [0.5, 0.6) is 0 Å². The van der Waals surface area contributed by atoms with Gasteiger partial charge in [0.15, 0.2) is 0 Å². The van der Waals surface area contributed by atoms with Crippen molar-refractivity contribution in [3.63, 3.8) is 0 Å². The molecule has 0 aliphatic carbocycles. The van der Waals surface area contributed by atoms with Gasteiger partial charge in [-0.1, -0.05) is 58.0 Å². The highest BCUT2D eigenvalue weighted by Gasteiger charge is 2.28. The maximum atomic E-state index is 3.81. The van der Waals surface area contributed by atoms with E-state index in [-0.39, 0.29) is 0 Å². The first-order valence-corrected chi connectivity index (χ1v) is 8.48. The summed E-state index contributed by atoms with van der Waals surface area (Å²) in [5.41, 5.74) is 1.86. The van der Waals surface area contributed by atoms with Crippen molar-refractivity contribution in [2.45, 2.75) is 52.5 Å². The zero-order chi connectivity index (χ0) is 15.3. The van der Waals surface area contributed by atoms with E-state index in [2.05, 4.69) is 68.2 Å². The van der Waals surface area contributed by atoms with Gasteiger partial charge in [0.2, 0.25) is 0 Å². The van der Waals surface area contributed by atoms with Crippen LogP contribution in [-0.2, 0) is 0 Å². The lowest BCUT2D eigenvalue weighted by atomic mass is 9.87. The Bertz CT molecular complexity index is 407. The molecule has 1 heterocycles. The third-order valence-corrected chi connectivity index (χ3v) is 4.26. The maximum absolute atomic E-state index is 3.81. The lowest BCUT2D eigenvalue weighted by Crippen LogP contribution is -2.50. The molecule has 1 N–H and O–H groups in total. The molecule has 21 heavy (non-hydrogen) atoms. The first-order valence-electron chi connectivity index (χ1n) is 8.48. The van der Waals surface area contributed by atoms with Crippen LogP contribution in [0, 0.1) is 5.41 Å². The summed E-state index contributed by atoms with van der Waals surface area (Å²) in [5.74, 6) is 0.670. The molecule has 1 saturated heterocycles. The summed E-state index contributed by atoms with van der Waals surface area (Å²) in [7, 11) is 0. The Morgan fingerprint density at radius 1 is 1.14 bits per heavy atom. The molecule has 2 atom stereocenters. The maximum Gasteiger partial charge on any atom is 0.0201 e. The van der Waals surface area contributed by atoms with Gasteiger partial charge in [0.25, 0.3) is 0 Å². The molecule has 0 radical (unpaired) electrons. The van der Waals surface area contributed by atoms with Crippen LogP contribution in [0.2, 0.25) is 0 Å². The highest BCUT2D eigenvalue weighted by molar-refractivity contribution is 5.21. The summed E-state index contributed by atoms with van der Waals surface area (Å²) in [6.07, 6.45) is 2.51. The van der Waals surface area contributed by atoms with E-state index < -0.39 is 0 Å². The lowest BCUT2D eigenvalue weighted by Gasteiger charge is -2.39. The SMILES string of the molecule is CCCN1CC(NCC(C)(C)C)CC(c2ccccc2)C1. The minimum Gasteiger partial charge on any atom is -0.312 e. The van der Waals surface area contributed by atoms with Gasteiger partial charge in [0.05, 0.1) is 0 Å². The van der Waals surface area contributed by atoms with Crippen molar-refractivity contribution >= 4 is 0 Å². The number of piperidine rings is 1. The quantitative estimate of drug-likeness (QED) is 0.884. The zero-order valence-electron chi connectivity index (χ0n) is 14.2. The van der Waals surface area contributed by atoms with E-state index in [0.29, 0.717) is 17.4 Å². The first-order chi connectivity index (χ1) is 9.98. The third kappa shape index (κ3) is 5.44. The van der Waals surface area contributed by atoms with E-state index in [1.807, 2.05) is 0 Å². The van der Waals surface area contributed by atoms with Crippen LogP contribution < -0.4 is 5.32 Å². The third-order valence-electron chi connectivity index (χ3n) is 4.26. The van der Waals surface area contributed by atoms with Crippen LogP contribution in [0.1, 0.15) is 52.0 Å². The molecular weight excluding hydrogens is 256 g/mol. The fraction of sp³-hybridized carbons (Fsp3) is 0.684. The highest BCUT2D eigenvalue weighted by Crippen LogP contribution is 2.27. The summed E-state index contributed by atoms with van der Waals surface area (Å²) < 4.78 is 0. The normalized spacial score (nSPS) is 24.2. The van der Waals surface area contributed by atoms with E-state index in [9.17, 15) is 0 Å². The molecule has 1 aromatic carbocycles. The van der Waals surface area contributed by atoms with Crippen molar-refractivity contribution in [2.75, 3.05) is 26.2 Å². The molecule has 0 spiro atoms. The Labute approximate surface area is 130 Å². The topological polar surface area (TPSA) is 15.3 Å². The number of hydrogen-bond acceptors (Lipinski definition) is 2. The fourth-order valence-corrected chi connectivity index (χ4v) is 3.25. The molecule has 0 saturated carbocycles. The summed E-state index contributed by atoms with van der Waals surface area (Å²) in [4.78, 5) is 2.64. The Hall–Kier alpha value is -0.860. The van der Waals surface area contributed by atoms with Crippen molar-refractivity contribution in [1.82, 2.24) is 10.2 Å². The van der Waals surface area contributed by atoms with Crippen LogP contribution in [0.4, 0.5) is 0 Å². The molecule has 0 aromatic heterocycles. The van der Waals surface area contributed by atoms with Crippen LogP contribution >= 0.6 is 0 Å². The number of hydrogen-bond donors (Lipinski definition) is 1. The Morgan fingerprint density at radius 2 is 1.86 bits per heavy atom. The summed E-state index contributed by atoms with van der Waals surface area (Å²) in [5, 5.41) is 3.81. The van der Waals surface area contributed by atoms with E-state index in [4.69, 9.17) is 0 Å². The monoisotopic (exact) mass is 288 g/mol. The average Bonchev–Trinajstić information content (AvgIpc) is 2.46. The predicted octanol–water partition coefficient (Wildman–Crippen LogP) is 3.89. The molecule has 2 unspecified atom stereocenters. The molecule has 2 rings (SSSR count). The smallest absolute Gasteiger partial charge is 0.0201 e. The fourth-order valence-electron chi connectivity index (χ4n) is 3.25. The van der Waals surface area contributed by atoms with Gasteiger partial charge in [-0.15, -0.1) is 0 Å². The van der Waals surface area contributed by atoms with Gasteiger partial charge in [-0.25, -0.2) is 0 Å². The van der Waals surface area contributed by atoms with E-state index in [1.54, 1.807) is 0 Å². The second-order valence-electron chi connectivity index (χ2n) is 7.74. The van der Waals surface area contributed by atoms with Crippen molar-refractivity contribution in [3.05, 3.63) is 35.9 Å². The number of rotatable bonds is 5. The predicted molar refractivity (Wildman–Crippen MR) is 91.8 cm³/mol. The molecule has 1 aromatic rings. The highest BCUT2D eigenvalue weighted by atomic mass is 15.2. The molecule has 1 fully saturated rings. The summed E-state index contributed by atoms with van der Waals surface area (Å²) in [6, 6.07) is 11.7. The number of nitrogens with zero attached hydrogens (tertiary/aromatic N) is 1. The largest absolute Gasteiger partial charge is 0.312 e. The molecule has 0 amide bonds. The molecule has 0 bridgehead atoms. The average molecular weight is 288 g/mol. The minimum atomic E-state index is 0.356. The van der Waals surface area contributed by atoms with Crippen molar-refractivity contribution in [3.8, 4) is 0 Å². The van der Waals surface area contributed by atoms with E-state index in [1.165, 1.54) is 38.0 Å². The van der Waals surface area contributed by atoms with Crippen LogP contribution in [0.15, 0.2) is 30.3 Å². The zero-order valence-corrected chi connectivity index (χ0v) is 14.2. The minimum absolute atomic E-state index is 0.356. The molecule has 1 aliphatic heterocycles. The molecule has 1 aliphatic rings.